The van der Waals surface area contributed by atoms with Crippen LogP contribution in [0.4, 0.5) is 0 Å². The lowest BCUT2D eigenvalue weighted by Crippen LogP contribution is -2.43. The van der Waals surface area contributed by atoms with Gasteiger partial charge in [0.15, 0.2) is 0 Å². The molecule has 2 fully saturated rings. The molecule has 1 amide bonds. The number of imidazole rings is 1. The van der Waals surface area contributed by atoms with Gasteiger partial charge in [0.1, 0.15) is 5.82 Å². The number of hydrogen-bond donors (Lipinski definition) is 2. The molecule has 5 heteroatoms. The first-order valence-corrected chi connectivity index (χ1v) is 7.96. The molecule has 0 spiro atoms. The number of piperidine rings is 1. The zero-order valence-corrected chi connectivity index (χ0v) is 13.3. The van der Waals surface area contributed by atoms with Crippen molar-refractivity contribution in [2.45, 2.75) is 26.3 Å². The molecular formula is C17H22N4O. The Hall–Kier alpha value is -1.88. The van der Waals surface area contributed by atoms with Crippen LogP contribution in [-0.4, -0.2) is 28.4 Å². The molecule has 0 bridgehead atoms. The van der Waals surface area contributed by atoms with Crippen molar-refractivity contribution in [3.63, 3.8) is 0 Å². The summed E-state index contributed by atoms with van der Waals surface area (Å²) in [7, 11) is 0. The van der Waals surface area contributed by atoms with E-state index in [9.17, 15) is 4.79 Å². The lowest BCUT2D eigenvalue weighted by Gasteiger charge is -2.25. The van der Waals surface area contributed by atoms with Gasteiger partial charge in [0, 0.05) is 12.1 Å². The molecule has 5 nitrogen and oxygen atoms in total. The Morgan fingerprint density at radius 3 is 2.82 bits per heavy atom. The molecule has 2 N–H and O–H groups in total. The minimum Gasteiger partial charge on any atom is -0.345 e. The molecule has 116 valence electrons. The van der Waals surface area contributed by atoms with E-state index in [1.54, 1.807) is 0 Å². The summed E-state index contributed by atoms with van der Waals surface area (Å²) in [5.74, 6) is 2.39. The minimum atomic E-state index is -0.470. The van der Waals surface area contributed by atoms with E-state index in [0.717, 1.165) is 30.1 Å². The van der Waals surface area contributed by atoms with E-state index < -0.39 is 5.54 Å². The first kappa shape index (κ1) is 13.8. The first-order valence-electron chi connectivity index (χ1n) is 7.96. The molecule has 2 unspecified atom stereocenters. The molecule has 4 rings (SSSR count). The third kappa shape index (κ3) is 1.96. The molecule has 22 heavy (non-hydrogen) atoms. The molecule has 0 radical (unpaired) electrons. The van der Waals surface area contributed by atoms with Crippen LogP contribution in [0.5, 0.6) is 0 Å². The topological polar surface area (TPSA) is 58.4 Å². The average Bonchev–Trinajstić information content (AvgIpc) is 2.82. The van der Waals surface area contributed by atoms with Gasteiger partial charge >= 0.3 is 0 Å². The predicted molar refractivity (Wildman–Crippen MR) is 84.4 cm³/mol. The third-order valence-electron chi connectivity index (χ3n) is 5.15. The third-order valence-corrected chi connectivity index (χ3v) is 5.15. The summed E-state index contributed by atoms with van der Waals surface area (Å²) in [4.78, 5) is 17.3. The number of nitrogens with zero attached hydrogens (tertiary/aromatic N) is 2. The van der Waals surface area contributed by atoms with Crippen LogP contribution in [0.15, 0.2) is 24.4 Å². The van der Waals surface area contributed by atoms with E-state index in [-0.39, 0.29) is 11.8 Å². The van der Waals surface area contributed by atoms with Crippen LogP contribution in [0.3, 0.4) is 0 Å². The van der Waals surface area contributed by atoms with Crippen LogP contribution < -0.4 is 10.6 Å². The number of amides is 1. The van der Waals surface area contributed by atoms with Gasteiger partial charge in [-0.15, -0.1) is 0 Å². The van der Waals surface area contributed by atoms with Crippen molar-refractivity contribution in [3.05, 3.63) is 35.9 Å². The van der Waals surface area contributed by atoms with Gasteiger partial charge in [-0.25, -0.2) is 4.98 Å². The largest absolute Gasteiger partial charge is 0.345 e. The number of carbonyl (C=O) groups excluding carboxylic acids is 1. The van der Waals surface area contributed by atoms with Crippen molar-refractivity contribution >= 4 is 11.4 Å². The molecule has 2 aromatic rings. The summed E-state index contributed by atoms with van der Waals surface area (Å²) >= 11 is 0. The van der Waals surface area contributed by atoms with Crippen molar-refractivity contribution in [2.75, 3.05) is 13.1 Å². The highest BCUT2D eigenvalue weighted by atomic mass is 16.2. The second-order valence-electron chi connectivity index (χ2n) is 7.09. The maximum Gasteiger partial charge on any atom is 0.224 e. The van der Waals surface area contributed by atoms with Crippen LogP contribution in [0.1, 0.15) is 25.4 Å². The lowest BCUT2D eigenvalue weighted by atomic mass is 9.98. The van der Waals surface area contributed by atoms with Gasteiger partial charge in [0.05, 0.1) is 16.7 Å². The van der Waals surface area contributed by atoms with Crippen molar-refractivity contribution < 1.29 is 4.79 Å². The Morgan fingerprint density at radius 2 is 2.09 bits per heavy atom. The minimum absolute atomic E-state index is 0.177. The Bertz CT molecular complexity index is 738. The summed E-state index contributed by atoms with van der Waals surface area (Å²) in [5.41, 5.74) is 1.52. The zero-order valence-electron chi connectivity index (χ0n) is 13.3. The van der Waals surface area contributed by atoms with Crippen LogP contribution in [0.25, 0.3) is 5.52 Å². The van der Waals surface area contributed by atoms with Crippen LogP contribution in [0, 0.1) is 24.7 Å². The highest BCUT2D eigenvalue weighted by molar-refractivity contribution is 5.83. The lowest BCUT2D eigenvalue weighted by molar-refractivity contribution is -0.124. The van der Waals surface area contributed by atoms with Gasteiger partial charge in [-0.2, -0.15) is 0 Å². The SMILES string of the molecule is Cc1nc(C(C)(C)NC(=O)C2C3CNCC32)c2ccccn12. The van der Waals surface area contributed by atoms with E-state index >= 15 is 0 Å². The summed E-state index contributed by atoms with van der Waals surface area (Å²) < 4.78 is 2.07. The Labute approximate surface area is 130 Å². The monoisotopic (exact) mass is 298 g/mol. The maximum atomic E-state index is 12.6. The van der Waals surface area contributed by atoms with Gasteiger partial charge in [0.25, 0.3) is 0 Å². The summed E-state index contributed by atoms with van der Waals surface area (Å²) in [5, 5.41) is 6.56. The number of hydrogen-bond acceptors (Lipinski definition) is 3. The van der Waals surface area contributed by atoms with Crippen molar-refractivity contribution in [2.24, 2.45) is 17.8 Å². The molecule has 2 atom stereocenters. The number of fused-ring (bicyclic) bond motifs is 2. The number of rotatable bonds is 3. The predicted octanol–water partition coefficient (Wildman–Crippen LogP) is 1.46. The molecule has 0 aromatic carbocycles. The fourth-order valence-electron chi connectivity index (χ4n) is 3.91. The van der Waals surface area contributed by atoms with Crippen molar-refractivity contribution in [3.8, 4) is 0 Å². The highest BCUT2D eigenvalue weighted by Crippen LogP contribution is 2.49. The number of aromatic nitrogens is 2. The van der Waals surface area contributed by atoms with Gasteiger partial charge in [-0.05, 0) is 57.8 Å². The Balaban J connectivity index is 1.61. The molecule has 1 saturated heterocycles. The van der Waals surface area contributed by atoms with Gasteiger partial charge < -0.3 is 15.0 Å². The molecular weight excluding hydrogens is 276 g/mol. The fourth-order valence-corrected chi connectivity index (χ4v) is 3.91. The van der Waals surface area contributed by atoms with E-state index in [0.29, 0.717) is 11.8 Å². The summed E-state index contributed by atoms with van der Waals surface area (Å²) in [6, 6.07) is 6.06. The second-order valence-corrected chi connectivity index (χ2v) is 7.09. The summed E-state index contributed by atoms with van der Waals surface area (Å²) in [6.45, 7) is 8.03. The van der Waals surface area contributed by atoms with Crippen molar-refractivity contribution in [1.82, 2.24) is 20.0 Å². The number of pyridine rings is 1. The molecule has 1 aliphatic heterocycles. The van der Waals surface area contributed by atoms with Crippen molar-refractivity contribution in [1.29, 1.82) is 0 Å². The van der Waals surface area contributed by atoms with E-state index in [1.807, 2.05) is 39.1 Å². The molecule has 1 aliphatic carbocycles. The van der Waals surface area contributed by atoms with E-state index in [4.69, 9.17) is 4.98 Å². The molecule has 3 heterocycles. The van der Waals surface area contributed by atoms with Crippen LogP contribution in [0.2, 0.25) is 0 Å². The van der Waals surface area contributed by atoms with Gasteiger partial charge in [-0.3, -0.25) is 4.79 Å². The van der Waals surface area contributed by atoms with E-state index in [2.05, 4.69) is 21.1 Å². The van der Waals surface area contributed by atoms with Crippen LogP contribution in [-0.2, 0) is 10.3 Å². The smallest absolute Gasteiger partial charge is 0.224 e. The molecule has 1 saturated carbocycles. The normalized spacial score (nSPS) is 27.0. The Kier molecular flexibility index (Phi) is 2.85. The fraction of sp³-hybridized carbons (Fsp3) is 0.529. The van der Waals surface area contributed by atoms with E-state index in [1.165, 1.54) is 0 Å². The van der Waals surface area contributed by atoms with Crippen LogP contribution >= 0.6 is 0 Å². The Morgan fingerprint density at radius 1 is 1.36 bits per heavy atom. The summed E-state index contributed by atoms with van der Waals surface area (Å²) in [6.07, 6.45) is 2.01. The zero-order chi connectivity index (χ0) is 15.5. The van der Waals surface area contributed by atoms with Gasteiger partial charge in [-0.1, -0.05) is 6.07 Å². The maximum absolute atomic E-state index is 12.6. The number of nitrogens with one attached hydrogen (secondary N) is 2. The molecule has 2 aliphatic rings. The quantitative estimate of drug-likeness (QED) is 0.902. The standard InChI is InChI=1S/C17H22N4O/c1-10-19-15(13-6-4-5-7-21(10)13)17(2,3)20-16(22)14-11-8-18-9-12(11)14/h4-7,11-12,14,18H,8-9H2,1-3H3,(H,20,22). The van der Waals surface area contributed by atoms with Gasteiger partial charge in [0.2, 0.25) is 5.91 Å². The number of aryl methyl sites for hydroxylation is 1. The molecule has 2 aromatic heterocycles. The average molecular weight is 298 g/mol. The second kappa shape index (κ2) is 4.56. The highest BCUT2D eigenvalue weighted by Gasteiger charge is 2.57. The first-order chi connectivity index (χ1) is 10.5. The number of carbonyl (C=O) groups is 1.